The lowest BCUT2D eigenvalue weighted by Crippen LogP contribution is -2.54. The summed E-state index contributed by atoms with van der Waals surface area (Å²) in [5.74, 6) is 3.01. The van der Waals surface area contributed by atoms with Gasteiger partial charge >= 0.3 is 5.97 Å². The molecule has 8 unspecified atom stereocenters. The van der Waals surface area contributed by atoms with Gasteiger partial charge in [0.1, 0.15) is 6.10 Å². The van der Waals surface area contributed by atoms with Gasteiger partial charge in [-0.05, 0) is 80.5 Å². The zero-order valence-corrected chi connectivity index (χ0v) is 17.3. The second-order valence-corrected chi connectivity index (χ2v) is 10.8. The van der Waals surface area contributed by atoms with E-state index in [9.17, 15) is 9.59 Å². The zero-order valence-electron chi connectivity index (χ0n) is 15.7. The molecule has 4 rings (SSSR count). The molecule has 8 atom stereocenters. The highest BCUT2D eigenvalue weighted by molar-refractivity contribution is 9.10. The van der Waals surface area contributed by atoms with E-state index >= 15 is 0 Å². The van der Waals surface area contributed by atoms with Crippen LogP contribution in [0.25, 0.3) is 0 Å². The van der Waals surface area contributed by atoms with Gasteiger partial charge in [0.2, 0.25) is 0 Å². The Bertz CT molecular complexity index is 590. The second kappa shape index (κ2) is 6.07. The van der Waals surface area contributed by atoms with E-state index in [1.54, 1.807) is 0 Å². The Labute approximate surface area is 159 Å². The molecule has 0 aromatic carbocycles. The van der Waals surface area contributed by atoms with Crippen LogP contribution >= 0.6 is 15.9 Å². The topological polar surface area (TPSA) is 43.4 Å². The number of hydrogen-bond donors (Lipinski definition) is 0. The van der Waals surface area contributed by atoms with Crippen LogP contribution in [0.1, 0.15) is 72.1 Å². The van der Waals surface area contributed by atoms with E-state index in [0.717, 1.165) is 31.6 Å². The molecule has 0 radical (unpaired) electrons. The summed E-state index contributed by atoms with van der Waals surface area (Å²) in [4.78, 5) is 24.2. The highest BCUT2D eigenvalue weighted by atomic mass is 79.9. The fourth-order valence-electron chi connectivity index (χ4n) is 7.31. The van der Waals surface area contributed by atoms with Crippen LogP contribution in [0.5, 0.6) is 0 Å². The maximum Gasteiger partial charge on any atom is 0.302 e. The van der Waals surface area contributed by atoms with Gasteiger partial charge in [0, 0.05) is 12.3 Å². The lowest BCUT2D eigenvalue weighted by Gasteiger charge is -2.60. The SMILES string of the molecule is CC(=O)OC1CCC2(C)C(CCC3C4CC(Br)C(=O)C4(C)CCC32)C1. The van der Waals surface area contributed by atoms with Crippen LogP contribution < -0.4 is 0 Å². The van der Waals surface area contributed by atoms with Gasteiger partial charge in [-0.15, -0.1) is 0 Å². The van der Waals surface area contributed by atoms with Crippen molar-refractivity contribution in [2.24, 2.45) is 34.5 Å². The third-order valence-corrected chi connectivity index (χ3v) is 9.44. The van der Waals surface area contributed by atoms with Crippen LogP contribution in [0.3, 0.4) is 0 Å². The quantitative estimate of drug-likeness (QED) is 0.455. The van der Waals surface area contributed by atoms with E-state index in [1.807, 2.05) is 0 Å². The average molecular weight is 411 g/mol. The Hall–Kier alpha value is -0.380. The molecule has 0 aromatic rings. The molecule has 4 aliphatic rings. The summed E-state index contributed by atoms with van der Waals surface area (Å²) in [5.41, 5.74) is 0.280. The minimum absolute atomic E-state index is 0.0754. The second-order valence-electron chi connectivity index (χ2n) is 9.69. The predicted octanol–water partition coefficient (Wildman–Crippen LogP) is 4.90. The Kier molecular flexibility index (Phi) is 4.37. The van der Waals surface area contributed by atoms with Gasteiger partial charge in [0.15, 0.2) is 5.78 Å². The Morgan fingerprint density at radius 1 is 1.08 bits per heavy atom. The van der Waals surface area contributed by atoms with Crippen molar-refractivity contribution in [3.63, 3.8) is 0 Å². The van der Waals surface area contributed by atoms with E-state index in [1.165, 1.54) is 32.6 Å². The van der Waals surface area contributed by atoms with Crippen LogP contribution in [0.15, 0.2) is 0 Å². The van der Waals surface area contributed by atoms with Gasteiger partial charge in [-0.1, -0.05) is 29.8 Å². The van der Waals surface area contributed by atoms with Crippen LogP contribution in [0.4, 0.5) is 0 Å². The lowest BCUT2D eigenvalue weighted by molar-refractivity contribution is -0.160. The smallest absolute Gasteiger partial charge is 0.302 e. The fraction of sp³-hybridized carbons (Fsp3) is 0.905. The number of rotatable bonds is 1. The number of halogens is 1. The normalized spacial score (nSPS) is 52.1. The van der Waals surface area contributed by atoms with Gasteiger partial charge in [0.25, 0.3) is 0 Å². The average Bonchev–Trinajstić information content (AvgIpc) is 2.78. The van der Waals surface area contributed by atoms with Crippen molar-refractivity contribution in [3.05, 3.63) is 0 Å². The molecule has 0 amide bonds. The number of carbonyl (C=O) groups is 2. The van der Waals surface area contributed by atoms with E-state index in [0.29, 0.717) is 29.0 Å². The van der Waals surface area contributed by atoms with Gasteiger partial charge in [-0.2, -0.15) is 0 Å². The monoisotopic (exact) mass is 410 g/mol. The summed E-state index contributed by atoms with van der Waals surface area (Å²) in [6.45, 7) is 6.27. The maximum absolute atomic E-state index is 12.7. The molecule has 0 aliphatic heterocycles. The number of alkyl halides is 1. The molecule has 0 aromatic heterocycles. The molecule has 0 bridgehead atoms. The Balaban J connectivity index is 1.55. The largest absolute Gasteiger partial charge is 0.463 e. The van der Waals surface area contributed by atoms with Crippen LogP contribution in [-0.2, 0) is 14.3 Å². The molecule has 4 heteroatoms. The van der Waals surface area contributed by atoms with E-state index in [-0.39, 0.29) is 22.3 Å². The molecule has 4 fully saturated rings. The van der Waals surface area contributed by atoms with Gasteiger partial charge in [-0.25, -0.2) is 0 Å². The lowest BCUT2D eigenvalue weighted by atomic mass is 9.45. The maximum atomic E-state index is 12.7. The number of fused-ring (bicyclic) bond motifs is 5. The molecule has 4 aliphatic carbocycles. The summed E-state index contributed by atoms with van der Waals surface area (Å²) in [6, 6.07) is 0. The van der Waals surface area contributed by atoms with Gasteiger partial charge in [0.05, 0.1) is 4.83 Å². The van der Waals surface area contributed by atoms with Crippen molar-refractivity contribution in [2.75, 3.05) is 0 Å². The van der Waals surface area contributed by atoms with E-state index in [4.69, 9.17) is 4.74 Å². The summed E-state index contributed by atoms with van der Waals surface area (Å²) < 4.78 is 5.54. The minimum atomic E-state index is -0.136. The standard InChI is InChI=1S/C21H31BrO3/c1-12(23)25-14-6-8-20(2)13(10-14)4-5-15-16(20)7-9-21(3)17(15)11-18(22)19(21)24/h13-18H,4-11H2,1-3H3. The first-order valence-electron chi connectivity index (χ1n) is 10.1. The number of esters is 1. The van der Waals surface area contributed by atoms with Crippen LogP contribution in [0.2, 0.25) is 0 Å². The molecular weight excluding hydrogens is 380 g/mol. The Morgan fingerprint density at radius 3 is 2.56 bits per heavy atom. The van der Waals surface area contributed by atoms with Gasteiger partial charge in [-0.3, -0.25) is 9.59 Å². The van der Waals surface area contributed by atoms with E-state index < -0.39 is 0 Å². The van der Waals surface area contributed by atoms with Crippen molar-refractivity contribution in [2.45, 2.75) is 83.1 Å². The molecule has 4 saturated carbocycles. The van der Waals surface area contributed by atoms with Crippen LogP contribution in [0, 0.1) is 34.5 Å². The number of ketones is 1. The zero-order chi connectivity index (χ0) is 18.0. The first-order valence-corrected chi connectivity index (χ1v) is 11.0. The number of carbonyl (C=O) groups excluding carboxylic acids is 2. The third-order valence-electron chi connectivity index (χ3n) is 8.65. The third kappa shape index (κ3) is 2.64. The minimum Gasteiger partial charge on any atom is -0.463 e. The first-order chi connectivity index (χ1) is 11.8. The summed E-state index contributed by atoms with van der Waals surface area (Å²) in [5, 5.41) is 0. The van der Waals surface area contributed by atoms with Gasteiger partial charge < -0.3 is 4.74 Å². The number of ether oxygens (including phenoxy) is 1. The van der Waals surface area contributed by atoms with Crippen molar-refractivity contribution in [1.29, 1.82) is 0 Å². The molecule has 25 heavy (non-hydrogen) atoms. The summed E-state index contributed by atoms with van der Waals surface area (Å²) in [6.07, 6.45) is 9.15. The summed E-state index contributed by atoms with van der Waals surface area (Å²) in [7, 11) is 0. The molecule has 3 nitrogen and oxygen atoms in total. The van der Waals surface area contributed by atoms with Crippen molar-refractivity contribution < 1.29 is 14.3 Å². The fourth-order valence-corrected chi connectivity index (χ4v) is 8.23. The highest BCUT2D eigenvalue weighted by Gasteiger charge is 2.62. The van der Waals surface area contributed by atoms with Crippen molar-refractivity contribution in [1.82, 2.24) is 0 Å². The first kappa shape index (κ1) is 18.0. The highest BCUT2D eigenvalue weighted by Crippen LogP contribution is 2.66. The van der Waals surface area contributed by atoms with Crippen molar-refractivity contribution >= 4 is 27.7 Å². The van der Waals surface area contributed by atoms with Crippen molar-refractivity contribution in [3.8, 4) is 0 Å². The predicted molar refractivity (Wildman–Crippen MR) is 100 cm³/mol. The molecule has 0 saturated heterocycles. The number of Topliss-reactive ketones (excluding diaryl/α,β-unsaturated/α-hetero) is 1. The van der Waals surface area contributed by atoms with E-state index in [2.05, 4.69) is 29.8 Å². The number of hydrogen-bond acceptors (Lipinski definition) is 3. The molecule has 0 heterocycles. The summed E-state index contributed by atoms with van der Waals surface area (Å²) >= 11 is 3.66. The molecule has 0 N–H and O–H groups in total. The Morgan fingerprint density at radius 2 is 1.84 bits per heavy atom. The molecule has 0 spiro atoms. The van der Waals surface area contributed by atoms with Crippen LogP contribution in [-0.4, -0.2) is 22.7 Å². The molecular formula is C21H31BrO3. The molecule has 140 valence electrons.